The van der Waals surface area contributed by atoms with Crippen LogP contribution in [0.1, 0.15) is 5.69 Å². The summed E-state index contributed by atoms with van der Waals surface area (Å²) in [6.07, 6.45) is 0.120. The number of nitrogens with zero attached hydrogens (tertiary/aromatic N) is 1. The van der Waals surface area contributed by atoms with E-state index in [2.05, 4.69) is 15.8 Å². The molecule has 7 heteroatoms. The molecule has 0 saturated heterocycles. The van der Waals surface area contributed by atoms with Gasteiger partial charge in [0.15, 0.2) is 5.58 Å². The van der Waals surface area contributed by atoms with Gasteiger partial charge in [0.1, 0.15) is 5.69 Å². The highest BCUT2D eigenvalue weighted by Crippen LogP contribution is 2.33. The van der Waals surface area contributed by atoms with Crippen LogP contribution < -0.4 is 10.6 Å². The maximum absolute atomic E-state index is 12.3. The summed E-state index contributed by atoms with van der Waals surface area (Å²) in [6.45, 7) is 0. The number of thioether (sulfide) groups is 1. The van der Waals surface area contributed by atoms with E-state index in [0.29, 0.717) is 22.7 Å². The molecule has 4 rings (SSSR count). The van der Waals surface area contributed by atoms with Crippen molar-refractivity contribution in [1.82, 2.24) is 5.16 Å². The van der Waals surface area contributed by atoms with Crippen molar-refractivity contribution in [3.8, 4) is 0 Å². The van der Waals surface area contributed by atoms with Crippen LogP contribution in [0.5, 0.6) is 0 Å². The van der Waals surface area contributed by atoms with Gasteiger partial charge in [-0.3, -0.25) is 9.59 Å². The van der Waals surface area contributed by atoms with Gasteiger partial charge in [-0.2, -0.15) is 0 Å². The van der Waals surface area contributed by atoms with Crippen molar-refractivity contribution in [3.63, 3.8) is 0 Å². The number of fused-ring (bicyclic) bond motifs is 2. The third kappa shape index (κ3) is 2.85. The molecule has 0 aliphatic carbocycles. The molecule has 0 unspecified atom stereocenters. The molecule has 1 aliphatic rings. The smallest absolute Gasteiger partial charge is 0.234 e. The van der Waals surface area contributed by atoms with Gasteiger partial charge in [-0.15, -0.1) is 11.8 Å². The lowest BCUT2D eigenvalue weighted by atomic mass is 10.1. The fraction of sp³-hybridized carbons (Fsp3) is 0.118. The van der Waals surface area contributed by atoms with Crippen molar-refractivity contribution in [2.75, 3.05) is 16.4 Å². The number of rotatable bonds is 3. The minimum atomic E-state index is -0.191. The molecule has 2 heterocycles. The maximum Gasteiger partial charge on any atom is 0.234 e. The number of hydrogen-bond donors (Lipinski definition) is 2. The number of nitrogens with one attached hydrogen (secondary N) is 2. The Kier molecular flexibility index (Phi) is 3.70. The van der Waals surface area contributed by atoms with Gasteiger partial charge in [0.25, 0.3) is 0 Å². The van der Waals surface area contributed by atoms with Crippen LogP contribution in [-0.2, 0) is 16.0 Å². The van der Waals surface area contributed by atoms with Crippen LogP contribution in [0.3, 0.4) is 0 Å². The van der Waals surface area contributed by atoms with Gasteiger partial charge in [-0.05, 0) is 30.3 Å². The molecule has 1 aliphatic heterocycles. The molecular formula is C17H13N3O3S. The standard InChI is InChI=1S/C17H13N3O3S/c21-16(8-12-11-3-1-2-4-14(11)23-20-12)18-10-5-6-15-13(7-10)19-17(22)9-24-15/h1-7H,8-9H2,(H,18,21)(H,19,22). The number of anilines is 2. The average molecular weight is 339 g/mol. The third-order valence-electron chi connectivity index (χ3n) is 3.68. The molecule has 0 radical (unpaired) electrons. The Hall–Kier alpha value is -2.80. The lowest BCUT2D eigenvalue weighted by molar-refractivity contribution is -0.115. The second-order valence-electron chi connectivity index (χ2n) is 5.40. The number of aromatic nitrogens is 1. The first-order valence-electron chi connectivity index (χ1n) is 7.39. The van der Waals surface area contributed by atoms with Gasteiger partial charge in [-0.1, -0.05) is 17.3 Å². The molecule has 6 nitrogen and oxygen atoms in total. The summed E-state index contributed by atoms with van der Waals surface area (Å²) >= 11 is 1.48. The van der Waals surface area contributed by atoms with Crippen LogP contribution in [0.25, 0.3) is 11.0 Å². The zero-order valence-corrected chi connectivity index (χ0v) is 13.4. The highest BCUT2D eigenvalue weighted by Gasteiger charge is 2.17. The summed E-state index contributed by atoms with van der Waals surface area (Å²) in [7, 11) is 0. The fourth-order valence-corrected chi connectivity index (χ4v) is 3.37. The number of para-hydroxylation sites is 1. The monoisotopic (exact) mass is 339 g/mol. The summed E-state index contributed by atoms with van der Waals surface area (Å²) in [6, 6.07) is 12.9. The SMILES string of the molecule is O=C(Cc1noc2ccccc12)Nc1ccc2c(c1)NC(=O)CS2. The van der Waals surface area contributed by atoms with Gasteiger partial charge in [0.05, 0.1) is 17.9 Å². The van der Waals surface area contributed by atoms with E-state index in [1.54, 1.807) is 6.07 Å². The highest BCUT2D eigenvalue weighted by atomic mass is 32.2. The van der Waals surface area contributed by atoms with Crippen LogP contribution in [0.4, 0.5) is 11.4 Å². The molecular weight excluding hydrogens is 326 g/mol. The van der Waals surface area contributed by atoms with E-state index in [-0.39, 0.29) is 18.2 Å². The van der Waals surface area contributed by atoms with Gasteiger partial charge in [0, 0.05) is 16.0 Å². The van der Waals surface area contributed by atoms with Crippen LogP contribution in [0, 0.1) is 0 Å². The first kappa shape index (κ1) is 14.8. The molecule has 0 fully saturated rings. The Balaban J connectivity index is 1.50. The van der Waals surface area contributed by atoms with E-state index in [1.165, 1.54) is 11.8 Å². The zero-order chi connectivity index (χ0) is 16.5. The Labute approximate surface area is 141 Å². The lowest BCUT2D eigenvalue weighted by Crippen LogP contribution is -2.19. The molecule has 0 spiro atoms. The summed E-state index contributed by atoms with van der Waals surface area (Å²) < 4.78 is 5.21. The van der Waals surface area contributed by atoms with Gasteiger partial charge in [0.2, 0.25) is 11.8 Å². The number of hydrogen-bond acceptors (Lipinski definition) is 5. The average Bonchev–Trinajstić information content (AvgIpc) is 2.97. The Morgan fingerprint density at radius 2 is 2.17 bits per heavy atom. The molecule has 1 aromatic heterocycles. The van der Waals surface area contributed by atoms with Gasteiger partial charge in [-0.25, -0.2) is 0 Å². The molecule has 3 aromatic rings. The lowest BCUT2D eigenvalue weighted by Gasteiger charge is -2.17. The second kappa shape index (κ2) is 6.01. The van der Waals surface area contributed by atoms with Crippen LogP contribution in [0.15, 0.2) is 51.9 Å². The first-order chi connectivity index (χ1) is 11.7. The topological polar surface area (TPSA) is 84.2 Å². The van der Waals surface area contributed by atoms with Crippen molar-refractivity contribution in [2.24, 2.45) is 0 Å². The number of carbonyl (C=O) groups excluding carboxylic acids is 2. The predicted molar refractivity (Wildman–Crippen MR) is 92.1 cm³/mol. The summed E-state index contributed by atoms with van der Waals surface area (Å²) in [5, 5.41) is 10.4. The fourth-order valence-electron chi connectivity index (χ4n) is 2.58. The molecule has 2 N–H and O–H groups in total. The molecule has 24 heavy (non-hydrogen) atoms. The number of amides is 2. The van der Waals surface area contributed by atoms with E-state index in [9.17, 15) is 9.59 Å². The quantitative estimate of drug-likeness (QED) is 0.766. The van der Waals surface area contributed by atoms with E-state index >= 15 is 0 Å². The molecule has 2 aromatic carbocycles. The van der Waals surface area contributed by atoms with Crippen LogP contribution in [-0.4, -0.2) is 22.7 Å². The van der Waals surface area contributed by atoms with E-state index in [1.807, 2.05) is 36.4 Å². The van der Waals surface area contributed by atoms with Gasteiger partial charge >= 0.3 is 0 Å². The molecule has 0 atom stereocenters. The van der Waals surface area contributed by atoms with Crippen molar-refractivity contribution in [1.29, 1.82) is 0 Å². The third-order valence-corrected chi connectivity index (χ3v) is 4.75. The van der Waals surface area contributed by atoms with Crippen molar-refractivity contribution < 1.29 is 14.1 Å². The first-order valence-corrected chi connectivity index (χ1v) is 8.37. The van der Waals surface area contributed by atoms with Gasteiger partial charge < -0.3 is 15.2 Å². The summed E-state index contributed by atoms with van der Waals surface area (Å²) in [5.41, 5.74) is 2.62. The van der Waals surface area contributed by atoms with E-state index < -0.39 is 0 Å². The molecule has 120 valence electrons. The van der Waals surface area contributed by atoms with Crippen LogP contribution >= 0.6 is 11.8 Å². The van der Waals surface area contributed by atoms with Crippen molar-refractivity contribution >= 4 is 45.9 Å². The Morgan fingerprint density at radius 3 is 3.08 bits per heavy atom. The summed E-state index contributed by atoms with van der Waals surface area (Å²) in [4.78, 5) is 24.7. The van der Waals surface area contributed by atoms with Crippen molar-refractivity contribution in [2.45, 2.75) is 11.3 Å². The second-order valence-corrected chi connectivity index (χ2v) is 6.42. The summed E-state index contributed by atoms with van der Waals surface area (Å²) in [5.74, 6) is 0.187. The number of benzene rings is 2. The largest absolute Gasteiger partial charge is 0.356 e. The van der Waals surface area contributed by atoms with Crippen LogP contribution in [0.2, 0.25) is 0 Å². The van der Waals surface area contributed by atoms with E-state index in [4.69, 9.17) is 4.52 Å². The molecule has 2 amide bonds. The normalized spacial score (nSPS) is 13.4. The highest BCUT2D eigenvalue weighted by molar-refractivity contribution is 8.00. The Bertz CT molecular complexity index is 951. The van der Waals surface area contributed by atoms with Crippen molar-refractivity contribution in [3.05, 3.63) is 48.2 Å². The maximum atomic E-state index is 12.3. The molecule has 0 saturated carbocycles. The Morgan fingerprint density at radius 1 is 1.29 bits per heavy atom. The molecule has 0 bridgehead atoms. The van der Waals surface area contributed by atoms with E-state index in [0.717, 1.165) is 16.0 Å². The minimum Gasteiger partial charge on any atom is -0.356 e. The minimum absolute atomic E-state index is 0.0370. The predicted octanol–water partition coefficient (Wildman–Crippen LogP) is 3.05. The zero-order valence-electron chi connectivity index (χ0n) is 12.5. The number of carbonyl (C=O) groups is 2.